The average Bonchev–Trinajstić information content (AvgIpc) is 2.92. The molecule has 0 aromatic heterocycles. The van der Waals surface area contributed by atoms with E-state index in [4.69, 9.17) is 13.9 Å². The highest BCUT2D eigenvalue weighted by Gasteiger charge is 2.49. The maximum atomic E-state index is 12.6. The summed E-state index contributed by atoms with van der Waals surface area (Å²) in [5, 5.41) is 0.177. The molecule has 26 heavy (non-hydrogen) atoms. The number of hydrogen-bond acceptors (Lipinski definition) is 4. The zero-order valence-electron chi connectivity index (χ0n) is 18.1. The van der Waals surface area contributed by atoms with Gasteiger partial charge >= 0.3 is 6.09 Å². The molecule has 2 aliphatic rings. The summed E-state index contributed by atoms with van der Waals surface area (Å²) in [6.07, 6.45) is 2.82. The summed E-state index contributed by atoms with van der Waals surface area (Å²) in [6, 6.07) is 0. The van der Waals surface area contributed by atoms with Gasteiger partial charge in [-0.05, 0) is 58.2 Å². The monoisotopic (exact) mass is 385 g/mol. The molecule has 0 aliphatic carbocycles. The number of hydrogen-bond donors (Lipinski definition) is 0. The van der Waals surface area contributed by atoms with Crippen molar-refractivity contribution in [2.24, 2.45) is 5.92 Å². The minimum Gasteiger partial charge on any atom is -0.444 e. The fourth-order valence-electron chi connectivity index (χ4n) is 3.51. The van der Waals surface area contributed by atoms with Crippen molar-refractivity contribution >= 4 is 14.4 Å². The van der Waals surface area contributed by atoms with Crippen molar-refractivity contribution in [2.75, 3.05) is 26.3 Å². The number of carbonyl (C=O) groups excluding carboxylic acids is 1. The summed E-state index contributed by atoms with van der Waals surface area (Å²) in [4.78, 5) is 14.4. The second kappa shape index (κ2) is 7.44. The van der Waals surface area contributed by atoms with E-state index in [9.17, 15) is 4.79 Å². The highest BCUT2D eigenvalue weighted by Crippen LogP contribution is 2.42. The quantitative estimate of drug-likeness (QED) is 0.654. The molecular weight excluding hydrogens is 346 g/mol. The Morgan fingerprint density at radius 1 is 1.19 bits per heavy atom. The van der Waals surface area contributed by atoms with Gasteiger partial charge in [0.2, 0.25) is 0 Å². The maximum Gasteiger partial charge on any atom is 0.410 e. The van der Waals surface area contributed by atoms with Crippen LogP contribution in [0, 0.1) is 5.92 Å². The minimum absolute atomic E-state index is 0.124. The molecule has 2 rings (SSSR count). The molecule has 2 unspecified atom stereocenters. The summed E-state index contributed by atoms with van der Waals surface area (Å²) < 4.78 is 18.4. The number of nitrogens with zero attached hydrogens (tertiary/aromatic N) is 1. The van der Waals surface area contributed by atoms with Crippen molar-refractivity contribution in [3.05, 3.63) is 0 Å². The molecule has 152 valence electrons. The molecule has 0 bridgehead atoms. The van der Waals surface area contributed by atoms with Crippen LogP contribution in [0.5, 0.6) is 0 Å². The SMILES string of the molecule is CC(C)(C)OC(=O)N1CCC2(CCCO2)C(CO[Si](C)(C)C(C)(C)C)C1. The second-order valence-corrected chi connectivity index (χ2v) is 15.3. The van der Waals surface area contributed by atoms with Crippen LogP contribution < -0.4 is 0 Å². The van der Waals surface area contributed by atoms with E-state index < -0.39 is 13.9 Å². The summed E-state index contributed by atoms with van der Waals surface area (Å²) >= 11 is 0. The Hall–Kier alpha value is -0.593. The van der Waals surface area contributed by atoms with Crippen LogP contribution in [0.15, 0.2) is 0 Å². The molecule has 2 saturated heterocycles. The lowest BCUT2D eigenvalue weighted by Gasteiger charge is -2.46. The Labute approximate surface area is 160 Å². The van der Waals surface area contributed by atoms with E-state index in [2.05, 4.69) is 33.9 Å². The number of likely N-dealkylation sites (tertiary alicyclic amines) is 1. The van der Waals surface area contributed by atoms with E-state index in [1.807, 2.05) is 25.7 Å². The van der Waals surface area contributed by atoms with Gasteiger partial charge in [-0.1, -0.05) is 20.8 Å². The highest BCUT2D eigenvalue weighted by atomic mass is 28.4. The first-order valence-electron chi connectivity index (χ1n) is 10.0. The largest absolute Gasteiger partial charge is 0.444 e. The first kappa shape index (κ1) is 21.7. The van der Waals surface area contributed by atoms with E-state index in [-0.39, 0.29) is 22.7 Å². The Kier molecular flexibility index (Phi) is 6.21. The van der Waals surface area contributed by atoms with Crippen LogP contribution >= 0.6 is 0 Å². The fraction of sp³-hybridized carbons (Fsp3) is 0.950. The lowest BCUT2D eigenvalue weighted by Crippen LogP contribution is -2.56. The van der Waals surface area contributed by atoms with E-state index in [1.165, 1.54) is 0 Å². The Morgan fingerprint density at radius 2 is 1.85 bits per heavy atom. The van der Waals surface area contributed by atoms with Gasteiger partial charge in [-0.25, -0.2) is 4.79 Å². The molecule has 2 heterocycles. The predicted molar refractivity (Wildman–Crippen MR) is 107 cm³/mol. The van der Waals surface area contributed by atoms with Gasteiger partial charge in [0, 0.05) is 32.2 Å². The molecule has 0 saturated carbocycles. The average molecular weight is 386 g/mol. The standard InChI is InChI=1S/C20H39NO4Si/c1-18(2,3)25-17(22)21-12-11-20(10-9-13-23-20)16(14-21)15-24-26(7,8)19(4,5)6/h16H,9-15H2,1-8H3. The first-order chi connectivity index (χ1) is 11.8. The van der Waals surface area contributed by atoms with Gasteiger partial charge in [-0.15, -0.1) is 0 Å². The number of amides is 1. The molecule has 0 radical (unpaired) electrons. The molecule has 1 amide bonds. The van der Waals surface area contributed by atoms with Crippen molar-refractivity contribution in [1.82, 2.24) is 4.90 Å². The molecule has 0 aromatic rings. The Balaban J connectivity index is 2.09. The van der Waals surface area contributed by atoms with Gasteiger partial charge in [-0.2, -0.15) is 0 Å². The summed E-state index contributed by atoms with van der Waals surface area (Å²) in [5.74, 6) is 0.209. The van der Waals surface area contributed by atoms with Gasteiger partial charge < -0.3 is 18.8 Å². The van der Waals surface area contributed by atoms with Crippen molar-refractivity contribution < 1.29 is 18.7 Å². The van der Waals surface area contributed by atoms with Crippen LogP contribution in [0.3, 0.4) is 0 Å². The molecule has 6 heteroatoms. The molecule has 5 nitrogen and oxygen atoms in total. The smallest absolute Gasteiger partial charge is 0.410 e. The zero-order chi connectivity index (χ0) is 19.8. The fourth-order valence-corrected chi connectivity index (χ4v) is 4.56. The van der Waals surface area contributed by atoms with Crippen LogP contribution in [-0.2, 0) is 13.9 Å². The van der Waals surface area contributed by atoms with Gasteiger partial charge in [0.15, 0.2) is 8.32 Å². The van der Waals surface area contributed by atoms with Crippen LogP contribution in [0.4, 0.5) is 4.79 Å². The van der Waals surface area contributed by atoms with Gasteiger partial charge in [0.25, 0.3) is 0 Å². The second-order valence-electron chi connectivity index (χ2n) is 10.5. The lowest BCUT2D eigenvalue weighted by atomic mass is 9.79. The van der Waals surface area contributed by atoms with E-state index in [0.717, 1.165) is 25.9 Å². The van der Waals surface area contributed by atoms with Crippen LogP contribution in [-0.4, -0.2) is 56.8 Å². The Morgan fingerprint density at radius 3 is 2.35 bits per heavy atom. The molecule has 0 aromatic carbocycles. The van der Waals surface area contributed by atoms with E-state index in [1.54, 1.807) is 0 Å². The maximum absolute atomic E-state index is 12.6. The summed E-state index contributed by atoms with van der Waals surface area (Å²) in [6.45, 7) is 19.9. The first-order valence-corrected chi connectivity index (χ1v) is 12.9. The third-order valence-electron chi connectivity index (χ3n) is 6.23. The van der Waals surface area contributed by atoms with Crippen molar-refractivity contribution in [1.29, 1.82) is 0 Å². The molecule has 2 atom stereocenters. The third kappa shape index (κ3) is 5.02. The molecule has 1 spiro atoms. The van der Waals surface area contributed by atoms with Gasteiger partial charge in [0.1, 0.15) is 5.60 Å². The molecule has 0 N–H and O–H groups in total. The van der Waals surface area contributed by atoms with E-state index in [0.29, 0.717) is 19.7 Å². The predicted octanol–water partition coefficient (Wildman–Crippen LogP) is 4.81. The summed E-state index contributed by atoms with van der Waals surface area (Å²) in [7, 11) is -1.83. The van der Waals surface area contributed by atoms with E-state index >= 15 is 0 Å². The van der Waals surface area contributed by atoms with Crippen LogP contribution in [0.1, 0.15) is 60.8 Å². The van der Waals surface area contributed by atoms with Gasteiger partial charge in [-0.3, -0.25) is 0 Å². The van der Waals surface area contributed by atoms with Crippen molar-refractivity contribution in [3.8, 4) is 0 Å². The van der Waals surface area contributed by atoms with Crippen LogP contribution in [0.2, 0.25) is 18.1 Å². The highest BCUT2D eigenvalue weighted by molar-refractivity contribution is 6.74. The normalized spacial score (nSPS) is 27.8. The van der Waals surface area contributed by atoms with Crippen molar-refractivity contribution in [3.63, 3.8) is 0 Å². The summed E-state index contributed by atoms with van der Waals surface area (Å²) in [5.41, 5.74) is -0.593. The van der Waals surface area contributed by atoms with Crippen LogP contribution in [0.25, 0.3) is 0 Å². The number of carbonyl (C=O) groups is 1. The van der Waals surface area contributed by atoms with Gasteiger partial charge in [0.05, 0.1) is 5.60 Å². The molecular formula is C20H39NO4Si. The molecule has 2 aliphatic heterocycles. The number of ether oxygens (including phenoxy) is 2. The lowest BCUT2D eigenvalue weighted by molar-refractivity contribution is -0.1000. The zero-order valence-corrected chi connectivity index (χ0v) is 19.1. The number of rotatable bonds is 3. The third-order valence-corrected chi connectivity index (χ3v) is 10.7. The molecule has 2 fully saturated rings. The Bertz CT molecular complexity index is 501. The minimum atomic E-state index is -1.83. The topological polar surface area (TPSA) is 48.0 Å². The number of piperidine rings is 1. The van der Waals surface area contributed by atoms with Crippen molar-refractivity contribution in [2.45, 2.75) is 90.1 Å².